The molecule has 0 unspecified atom stereocenters. The lowest BCUT2D eigenvalue weighted by Crippen LogP contribution is -2.48. The van der Waals surface area contributed by atoms with Crippen molar-refractivity contribution in [1.82, 2.24) is 10.2 Å². The maximum atomic E-state index is 12.0. The molecule has 1 heterocycles. The van der Waals surface area contributed by atoms with Crippen LogP contribution < -0.4 is 5.32 Å². The Morgan fingerprint density at radius 3 is 2.68 bits per heavy atom. The summed E-state index contributed by atoms with van der Waals surface area (Å²) in [5.74, 6) is -0.615. The van der Waals surface area contributed by atoms with E-state index in [2.05, 4.69) is 0 Å². The molecule has 0 aromatic rings. The summed E-state index contributed by atoms with van der Waals surface area (Å²) >= 11 is 0. The third-order valence-electron chi connectivity index (χ3n) is 3.27. The molecule has 112 valence electrons. The molecule has 0 bridgehead atoms. The summed E-state index contributed by atoms with van der Waals surface area (Å²) in [4.78, 5) is 13.3. The molecule has 19 heavy (non-hydrogen) atoms. The Labute approximate surface area is 111 Å². The molecule has 1 aliphatic heterocycles. The van der Waals surface area contributed by atoms with Crippen molar-refractivity contribution in [3.63, 3.8) is 0 Å². The number of hydrogen-bond acceptors (Lipinski definition) is 3. The van der Waals surface area contributed by atoms with Gasteiger partial charge in [-0.2, -0.15) is 13.2 Å². The van der Waals surface area contributed by atoms with E-state index in [1.54, 1.807) is 18.9 Å². The van der Waals surface area contributed by atoms with E-state index in [1.807, 2.05) is 5.32 Å². The molecule has 1 saturated heterocycles. The molecule has 1 fully saturated rings. The molecule has 4 nitrogen and oxygen atoms in total. The van der Waals surface area contributed by atoms with E-state index in [9.17, 15) is 18.0 Å². The monoisotopic (exact) mass is 282 g/mol. The Morgan fingerprint density at radius 2 is 2.16 bits per heavy atom. The highest BCUT2D eigenvalue weighted by molar-refractivity contribution is 5.81. The number of rotatable bonds is 5. The van der Waals surface area contributed by atoms with Crippen LogP contribution in [0.5, 0.6) is 0 Å². The minimum Gasteiger partial charge on any atom is -0.377 e. The average molecular weight is 282 g/mol. The van der Waals surface area contributed by atoms with Crippen molar-refractivity contribution in [1.29, 1.82) is 0 Å². The van der Waals surface area contributed by atoms with Crippen LogP contribution in [0.3, 0.4) is 0 Å². The quantitative estimate of drug-likeness (QED) is 0.832. The van der Waals surface area contributed by atoms with E-state index < -0.39 is 24.7 Å². The molecule has 7 heteroatoms. The van der Waals surface area contributed by atoms with E-state index in [4.69, 9.17) is 4.74 Å². The molecule has 0 aromatic heterocycles. The van der Waals surface area contributed by atoms with Gasteiger partial charge in [0.05, 0.1) is 12.1 Å². The number of carbonyl (C=O) groups excluding carboxylic acids is 1. The van der Waals surface area contributed by atoms with Crippen LogP contribution in [0.1, 0.15) is 26.2 Å². The fourth-order valence-electron chi connectivity index (χ4n) is 1.97. The lowest BCUT2D eigenvalue weighted by atomic mass is 10.1. The Hall–Kier alpha value is -0.820. The van der Waals surface area contributed by atoms with Crippen LogP contribution in [0, 0.1) is 0 Å². The number of ether oxygens (including phenoxy) is 1. The number of hydrogen-bond donors (Lipinski definition) is 1. The maximum absolute atomic E-state index is 12.0. The van der Waals surface area contributed by atoms with Crippen LogP contribution in [-0.2, 0) is 9.53 Å². The molecule has 1 N–H and O–H groups in total. The van der Waals surface area contributed by atoms with Crippen molar-refractivity contribution in [2.45, 2.75) is 44.5 Å². The number of carbonyl (C=O) groups is 1. The highest BCUT2D eigenvalue weighted by Crippen LogP contribution is 2.15. The third kappa shape index (κ3) is 6.24. The second-order valence-electron chi connectivity index (χ2n) is 4.94. The molecule has 2 atom stereocenters. The van der Waals surface area contributed by atoms with Gasteiger partial charge in [0.2, 0.25) is 5.91 Å². The van der Waals surface area contributed by atoms with Gasteiger partial charge in [-0.25, -0.2) is 0 Å². The van der Waals surface area contributed by atoms with Crippen LogP contribution in [0.15, 0.2) is 0 Å². The predicted molar refractivity (Wildman–Crippen MR) is 64.7 cm³/mol. The zero-order valence-corrected chi connectivity index (χ0v) is 11.3. The van der Waals surface area contributed by atoms with Gasteiger partial charge in [0.15, 0.2) is 0 Å². The lowest BCUT2D eigenvalue weighted by Gasteiger charge is -2.30. The molecule has 0 saturated carbocycles. The van der Waals surface area contributed by atoms with Gasteiger partial charge in [0.1, 0.15) is 6.54 Å². The zero-order chi connectivity index (χ0) is 14.5. The summed E-state index contributed by atoms with van der Waals surface area (Å²) in [6, 6.07) is -0.604. The van der Waals surface area contributed by atoms with E-state index in [1.165, 1.54) is 0 Å². The number of nitrogens with one attached hydrogen (secondary N) is 1. The molecule has 0 radical (unpaired) electrons. The molecule has 1 rings (SSSR count). The largest absolute Gasteiger partial charge is 0.405 e. The molecule has 1 amide bonds. The molecule has 0 aromatic carbocycles. The topological polar surface area (TPSA) is 41.6 Å². The van der Waals surface area contributed by atoms with Gasteiger partial charge in [-0.05, 0) is 33.2 Å². The lowest BCUT2D eigenvalue weighted by molar-refractivity contribution is -0.141. The number of halogens is 3. The zero-order valence-electron chi connectivity index (χ0n) is 11.3. The summed E-state index contributed by atoms with van der Waals surface area (Å²) < 4.78 is 41.6. The highest BCUT2D eigenvalue weighted by Gasteiger charge is 2.30. The van der Waals surface area contributed by atoms with Crippen LogP contribution in [-0.4, -0.2) is 55.9 Å². The Bertz CT molecular complexity index is 291. The fourth-order valence-corrected chi connectivity index (χ4v) is 1.97. The number of nitrogens with zero attached hydrogens (tertiary/aromatic N) is 1. The summed E-state index contributed by atoms with van der Waals surface area (Å²) in [5.41, 5.74) is 0. The van der Waals surface area contributed by atoms with Crippen LogP contribution in [0.4, 0.5) is 13.2 Å². The van der Waals surface area contributed by atoms with Gasteiger partial charge >= 0.3 is 6.18 Å². The number of amides is 1. The van der Waals surface area contributed by atoms with Crippen molar-refractivity contribution in [2.75, 3.05) is 26.7 Å². The minimum atomic E-state index is -4.37. The first-order chi connectivity index (χ1) is 8.79. The summed E-state index contributed by atoms with van der Waals surface area (Å²) in [6.45, 7) is 1.58. The van der Waals surface area contributed by atoms with E-state index in [-0.39, 0.29) is 6.10 Å². The first kappa shape index (κ1) is 16.2. The van der Waals surface area contributed by atoms with Gasteiger partial charge in [0, 0.05) is 13.2 Å². The average Bonchev–Trinajstić information content (AvgIpc) is 2.35. The van der Waals surface area contributed by atoms with Crippen molar-refractivity contribution in [3.05, 3.63) is 0 Å². The molecule has 0 aliphatic carbocycles. The van der Waals surface area contributed by atoms with Gasteiger partial charge in [-0.3, -0.25) is 9.69 Å². The Morgan fingerprint density at radius 1 is 1.47 bits per heavy atom. The summed E-state index contributed by atoms with van der Waals surface area (Å²) in [5, 5.41) is 1.89. The van der Waals surface area contributed by atoms with Gasteiger partial charge in [0.25, 0.3) is 0 Å². The smallest absolute Gasteiger partial charge is 0.377 e. The molecule has 1 aliphatic rings. The highest BCUT2D eigenvalue weighted by atomic mass is 19.4. The second kappa shape index (κ2) is 7.09. The van der Waals surface area contributed by atoms with E-state index >= 15 is 0 Å². The first-order valence-corrected chi connectivity index (χ1v) is 6.46. The van der Waals surface area contributed by atoms with Crippen LogP contribution in [0.2, 0.25) is 0 Å². The first-order valence-electron chi connectivity index (χ1n) is 6.46. The van der Waals surface area contributed by atoms with Crippen molar-refractivity contribution in [2.24, 2.45) is 0 Å². The molecule has 0 spiro atoms. The fraction of sp³-hybridized carbons (Fsp3) is 0.917. The van der Waals surface area contributed by atoms with Gasteiger partial charge in [-0.1, -0.05) is 0 Å². The standard InChI is InChI=1S/C12H21F3N2O2/c1-9(11(18)16-8-12(13,14)15)17(2)7-10-5-3-4-6-19-10/h9-10H,3-8H2,1-2H3,(H,16,18)/t9-,10-/m0/s1. The van der Waals surface area contributed by atoms with Crippen molar-refractivity contribution in [3.8, 4) is 0 Å². The molecular formula is C12H21F3N2O2. The Kier molecular flexibility index (Phi) is 6.06. The van der Waals surface area contributed by atoms with Gasteiger partial charge in [-0.15, -0.1) is 0 Å². The van der Waals surface area contributed by atoms with Crippen molar-refractivity contribution >= 4 is 5.91 Å². The third-order valence-corrected chi connectivity index (χ3v) is 3.27. The SMILES string of the molecule is C[C@@H](C(=O)NCC(F)(F)F)N(C)C[C@@H]1CCCCO1. The molecular weight excluding hydrogens is 261 g/mol. The van der Waals surface area contributed by atoms with Crippen LogP contribution >= 0.6 is 0 Å². The maximum Gasteiger partial charge on any atom is 0.405 e. The van der Waals surface area contributed by atoms with E-state index in [0.717, 1.165) is 19.3 Å². The normalized spacial score (nSPS) is 22.3. The predicted octanol–water partition coefficient (Wildman–Crippen LogP) is 1.55. The Balaban J connectivity index is 2.33. The summed E-state index contributed by atoms with van der Waals surface area (Å²) in [7, 11) is 1.72. The van der Waals surface area contributed by atoms with Gasteiger partial charge < -0.3 is 10.1 Å². The second-order valence-corrected chi connectivity index (χ2v) is 4.94. The van der Waals surface area contributed by atoms with Crippen LogP contribution in [0.25, 0.3) is 0 Å². The summed E-state index contributed by atoms with van der Waals surface area (Å²) in [6.07, 6.45) is -1.24. The number of likely N-dealkylation sites (N-methyl/N-ethyl adjacent to an activating group) is 1. The van der Waals surface area contributed by atoms with Crippen molar-refractivity contribution < 1.29 is 22.7 Å². The number of alkyl halides is 3. The van der Waals surface area contributed by atoms with E-state index in [0.29, 0.717) is 13.2 Å². The minimum absolute atomic E-state index is 0.0663.